The van der Waals surface area contributed by atoms with Gasteiger partial charge in [0.15, 0.2) is 0 Å². The minimum absolute atomic E-state index is 0.125. The molecule has 1 saturated carbocycles. The Morgan fingerprint density at radius 3 is 2.41 bits per heavy atom. The third kappa shape index (κ3) is 4.80. The van der Waals surface area contributed by atoms with Crippen molar-refractivity contribution in [1.82, 2.24) is 14.8 Å². The van der Waals surface area contributed by atoms with Crippen LogP contribution in [0.15, 0.2) is 42.6 Å². The number of benzene rings is 1. The predicted octanol–water partition coefficient (Wildman–Crippen LogP) is 2.94. The molecule has 1 aromatic heterocycles. The molecule has 0 radical (unpaired) electrons. The molecule has 0 bridgehead atoms. The van der Waals surface area contributed by atoms with Crippen LogP contribution in [0.25, 0.3) is 0 Å². The molecule has 2 aromatic rings. The Bertz CT molecular complexity index is 1030. The van der Waals surface area contributed by atoms with E-state index in [-0.39, 0.29) is 11.8 Å². The van der Waals surface area contributed by atoms with E-state index in [2.05, 4.69) is 22.9 Å². The first-order chi connectivity index (χ1) is 16.5. The molecule has 3 heterocycles. The molecule has 1 aromatic carbocycles. The van der Waals surface area contributed by atoms with E-state index < -0.39 is 0 Å². The minimum Gasteiger partial charge on any atom is -0.359 e. The second-order valence-electron chi connectivity index (χ2n) is 10.1. The highest BCUT2D eigenvalue weighted by atomic mass is 16.2. The van der Waals surface area contributed by atoms with Gasteiger partial charge >= 0.3 is 0 Å². The summed E-state index contributed by atoms with van der Waals surface area (Å²) in [6, 6.07) is 12.8. The van der Waals surface area contributed by atoms with E-state index in [0.29, 0.717) is 31.5 Å². The molecule has 5 rings (SSSR count). The van der Waals surface area contributed by atoms with Crippen LogP contribution in [0, 0.1) is 5.92 Å². The number of hydrogen-bond acceptors (Lipinski definition) is 5. The van der Waals surface area contributed by atoms with E-state index in [0.717, 1.165) is 36.7 Å². The molecular weight excluding hydrogens is 426 g/mol. The zero-order valence-corrected chi connectivity index (χ0v) is 20.3. The van der Waals surface area contributed by atoms with Crippen molar-refractivity contribution in [3.05, 3.63) is 53.7 Å². The van der Waals surface area contributed by atoms with Gasteiger partial charge < -0.3 is 14.7 Å². The number of fused-ring (bicyclic) bond motifs is 1. The van der Waals surface area contributed by atoms with Crippen LogP contribution in [-0.2, 0) is 22.6 Å². The van der Waals surface area contributed by atoms with Gasteiger partial charge in [-0.1, -0.05) is 24.3 Å². The second-order valence-corrected chi connectivity index (χ2v) is 10.1. The quantitative estimate of drug-likeness (QED) is 0.685. The summed E-state index contributed by atoms with van der Waals surface area (Å²) in [7, 11) is 4.01. The van der Waals surface area contributed by atoms with Gasteiger partial charge in [0.25, 0.3) is 0 Å². The van der Waals surface area contributed by atoms with Gasteiger partial charge in [-0.3, -0.25) is 14.5 Å². The largest absolute Gasteiger partial charge is 0.359 e. The summed E-state index contributed by atoms with van der Waals surface area (Å²) in [4.78, 5) is 37.7. The topological polar surface area (TPSA) is 60.0 Å². The number of rotatable bonds is 5. The Kier molecular flexibility index (Phi) is 6.55. The van der Waals surface area contributed by atoms with Crippen LogP contribution in [0.4, 0.5) is 11.5 Å². The van der Waals surface area contributed by atoms with E-state index in [1.807, 2.05) is 53.4 Å². The maximum Gasteiger partial charge on any atom is 0.236 e. The van der Waals surface area contributed by atoms with E-state index in [4.69, 9.17) is 4.98 Å². The van der Waals surface area contributed by atoms with Crippen LogP contribution in [0.1, 0.15) is 36.8 Å². The Balaban J connectivity index is 1.14. The smallest absolute Gasteiger partial charge is 0.236 e. The van der Waals surface area contributed by atoms with Crippen molar-refractivity contribution in [3.63, 3.8) is 0 Å². The van der Waals surface area contributed by atoms with Crippen molar-refractivity contribution < 1.29 is 9.59 Å². The van der Waals surface area contributed by atoms with Gasteiger partial charge in [-0.15, -0.1) is 0 Å². The molecule has 2 fully saturated rings. The van der Waals surface area contributed by atoms with Crippen LogP contribution < -0.4 is 9.80 Å². The minimum atomic E-state index is 0.125. The van der Waals surface area contributed by atoms with Crippen molar-refractivity contribution in [1.29, 1.82) is 0 Å². The Labute approximate surface area is 202 Å². The van der Waals surface area contributed by atoms with Gasteiger partial charge in [-0.25, -0.2) is 4.98 Å². The standard InChI is InChI=1S/C27H35N5O2/c1-29-13-14-31(19-27(29)34)23-9-7-20(8-10-23)17-30(2)25-12-11-24(16-28-25)32-18-22-6-4-3-5-21(22)15-26(32)33/h3-6,11-12,16,20,23H,7-10,13-15,17-19H2,1-2H3. The summed E-state index contributed by atoms with van der Waals surface area (Å²) in [6.07, 6.45) is 6.99. The molecular formula is C27H35N5O2. The van der Waals surface area contributed by atoms with E-state index in [9.17, 15) is 9.59 Å². The summed E-state index contributed by atoms with van der Waals surface area (Å²) < 4.78 is 0. The molecule has 2 amide bonds. The van der Waals surface area contributed by atoms with Crippen molar-refractivity contribution in [2.75, 3.05) is 50.1 Å². The molecule has 7 nitrogen and oxygen atoms in total. The number of carbonyl (C=O) groups is 2. The average molecular weight is 462 g/mol. The highest BCUT2D eigenvalue weighted by molar-refractivity contribution is 5.96. The van der Waals surface area contributed by atoms with Crippen LogP contribution >= 0.6 is 0 Å². The molecule has 180 valence electrons. The van der Waals surface area contributed by atoms with Crippen LogP contribution in [0.2, 0.25) is 0 Å². The van der Waals surface area contributed by atoms with Crippen LogP contribution in [-0.4, -0.2) is 72.9 Å². The molecule has 3 aliphatic rings. The molecule has 1 saturated heterocycles. The molecule has 1 aliphatic carbocycles. The fourth-order valence-corrected chi connectivity index (χ4v) is 5.66. The number of piperazine rings is 1. The number of hydrogen-bond donors (Lipinski definition) is 0. The number of anilines is 2. The summed E-state index contributed by atoms with van der Waals surface area (Å²) in [5.41, 5.74) is 3.20. The fourth-order valence-electron chi connectivity index (χ4n) is 5.66. The second kappa shape index (κ2) is 9.74. The van der Waals surface area contributed by atoms with Crippen molar-refractivity contribution in [3.8, 4) is 0 Å². The van der Waals surface area contributed by atoms with Crippen LogP contribution in [0.3, 0.4) is 0 Å². The number of amides is 2. The first kappa shape index (κ1) is 22.8. The number of likely N-dealkylation sites (N-methyl/N-ethyl adjacent to an activating group) is 1. The maximum atomic E-state index is 12.7. The predicted molar refractivity (Wildman–Crippen MR) is 134 cm³/mol. The van der Waals surface area contributed by atoms with Crippen molar-refractivity contribution in [2.45, 2.75) is 44.7 Å². The van der Waals surface area contributed by atoms with Gasteiger partial charge in [0.05, 0.1) is 31.4 Å². The summed E-state index contributed by atoms with van der Waals surface area (Å²) in [5, 5.41) is 0. The lowest BCUT2D eigenvalue weighted by Gasteiger charge is -2.41. The molecule has 0 N–H and O–H groups in total. The Morgan fingerprint density at radius 2 is 1.71 bits per heavy atom. The van der Waals surface area contributed by atoms with Gasteiger partial charge in [-0.2, -0.15) is 0 Å². The van der Waals surface area contributed by atoms with Crippen molar-refractivity contribution >= 4 is 23.3 Å². The third-order valence-electron chi connectivity index (χ3n) is 7.88. The third-order valence-corrected chi connectivity index (χ3v) is 7.88. The molecule has 7 heteroatoms. The Morgan fingerprint density at radius 1 is 0.941 bits per heavy atom. The van der Waals surface area contributed by atoms with Gasteiger partial charge in [0, 0.05) is 39.8 Å². The molecule has 0 spiro atoms. The molecule has 2 aliphatic heterocycles. The lowest BCUT2D eigenvalue weighted by atomic mass is 9.84. The fraction of sp³-hybridized carbons (Fsp3) is 0.519. The Hall–Kier alpha value is -2.93. The maximum absolute atomic E-state index is 12.7. The number of carbonyl (C=O) groups excluding carboxylic acids is 2. The molecule has 0 atom stereocenters. The summed E-state index contributed by atoms with van der Waals surface area (Å²) in [5.74, 6) is 1.96. The molecule has 34 heavy (non-hydrogen) atoms. The number of aromatic nitrogens is 1. The van der Waals surface area contributed by atoms with E-state index >= 15 is 0 Å². The number of pyridine rings is 1. The molecule has 0 unspecified atom stereocenters. The van der Waals surface area contributed by atoms with Crippen molar-refractivity contribution in [2.24, 2.45) is 5.92 Å². The van der Waals surface area contributed by atoms with Gasteiger partial charge in [0.1, 0.15) is 5.82 Å². The van der Waals surface area contributed by atoms with Gasteiger partial charge in [0.2, 0.25) is 11.8 Å². The van der Waals surface area contributed by atoms with Crippen LogP contribution in [0.5, 0.6) is 0 Å². The lowest BCUT2D eigenvalue weighted by Crippen LogP contribution is -2.53. The summed E-state index contributed by atoms with van der Waals surface area (Å²) >= 11 is 0. The average Bonchev–Trinajstić information content (AvgIpc) is 2.86. The first-order valence-corrected chi connectivity index (χ1v) is 12.5. The lowest BCUT2D eigenvalue weighted by molar-refractivity contribution is -0.135. The highest BCUT2D eigenvalue weighted by Crippen LogP contribution is 2.30. The normalized spacial score (nSPS) is 23.7. The highest BCUT2D eigenvalue weighted by Gasteiger charge is 2.31. The van der Waals surface area contributed by atoms with E-state index in [1.54, 1.807) is 0 Å². The monoisotopic (exact) mass is 461 g/mol. The van der Waals surface area contributed by atoms with E-state index in [1.165, 1.54) is 31.2 Å². The summed E-state index contributed by atoms with van der Waals surface area (Å²) in [6.45, 7) is 4.01. The van der Waals surface area contributed by atoms with Gasteiger partial charge in [-0.05, 0) is 54.9 Å². The first-order valence-electron chi connectivity index (χ1n) is 12.5. The SMILES string of the molecule is CN1CCN(C2CCC(CN(C)c3ccc(N4Cc5ccccc5CC4=O)cn3)CC2)CC1=O. The number of nitrogens with zero attached hydrogens (tertiary/aromatic N) is 5. The zero-order valence-electron chi connectivity index (χ0n) is 20.3. The zero-order chi connectivity index (χ0) is 23.7.